The van der Waals surface area contributed by atoms with Gasteiger partial charge in [-0.1, -0.05) is 42.5 Å². The molecule has 1 saturated carbocycles. The smallest absolute Gasteiger partial charge is 0.261 e. The minimum Gasteiger partial charge on any atom is -0.352 e. The highest BCUT2D eigenvalue weighted by Gasteiger charge is 2.17. The van der Waals surface area contributed by atoms with Crippen molar-refractivity contribution in [3.63, 3.8) is 0 Å². The molecule has 23 heavy (non-hydrogen) atoms. The Bertz CT molecular complexity index is 798. The SMILES string of the molecule is O=C(Cn1cnc2c(Cl)cc(Cl)cc2c1=O)NC1CCCCC1. The number of carbonyl (C=O) groups is 1. The molecule has 0 atom stereocenters. The van der Waals surface area contributed by atoms with E-state index in [0.717, 1.165) is 25.7 Å². The molecule has 1 amide bonds. The van der Waals surface area contributed by atoms with Crippen molar-refractivity contribution in [1.82, 2.24) is 14.9 Å². The van der Waals surface area contributed by atoms with Crippen LogP contribution in [0, 0.1) is 0 Å². The molecule has 3 rings (SSSR count). The van der Waals surface area contributed by atoms with E-state index in [0.29, 0.717) is 20.9 Å². The first-order chi connectivity index (χ1) is 11.0. The standard InChI is InChI=1S/C16H17Cl2N3O2/c17-10-6-12-15(13(18)7-10)19-9-21(16(12)23)8-14(22)20-11-4-2-1-3-5-11/h6-7,9,11H,1-5,8H2,(H,20,22). The number of halogens is 2. The van der Waals surface area contributed by atoms with E-state index in [2.05, 4.69) is 10.3 Å². The maximum Gasteiger partial charge on any atom is 0.261 e. The molecule has 1 fully saturated rings. The lowest BCUT2D eigenvalue weighted by Crippen LogP contribution is -2.39. The second kappa shape index (κ2) is 6.89. The zero-order valence-corrected chi connectivity index (χ0v) is 14.0. The topological polar surface area (TPSA) is 64.0 Å². The highest BCUT2D eigenvalue weighted by atomic mass is 35.5. The second-order valence-corrected chi connectivity index (χ2v) is 6.71. The van der Waals surface area contributed by atoms with Crippen LogP contribution in [0.5, 0.6) is 0 Å². The third-order valence-electron chi connectivity index (χ3n) is 4.13. The van der Waals surface area contributed by atoms with E-state index in [1.807, 2.05) is 0 Å². The Morgan fingerprint density at radius 3 is 2.74 bits per heavy atom. The number of benzene rings is 1. The third-order valence-corrected chi connectivity index (χ3v) is 4.64. The summed E-state index contributed by atoms with van der Waals surface area (Å²) < 4.78 is 1.28. The van der Waals surface area contributed by atoms with Crippen molar-refractivity contribution in [1.29, 1.82) is 0 Å². The molecule has 1 heterocycles. The van der Waals surface area contributed by atoms with Gasteiger partial charge in [0.1, 0.15) is 6.54 Å². The summed E-state index contributed by atoms with van der Waals surface area (Å²) in [5.74, 6) is -0.173. The fraction of sp³-hybridized carbons (Fsp3) is 0.438. The molecule has 0 aliphatic heterocycles. The van der Waals surface area contributed by atoms with Gasteiger partial charge in [-0.3, -0.25) is 14.2 Å². The lowest BCUT2D eigenvalue weighted by molar-refractivity contribution is -0.122. The van der Waals surface area contributed by atoms with Crippen molar-refractivity contribution in [3.8, 4) is 0 Å². The van der Waals surface area contributed by atoms with Crippen LogP contribution in [0.1, 0.15) is 32.1 Å². The van der Waals surface area contributed by atoms with Gasteiger partial charge in [0, 0.05) is 11.1 Å². The number of aromatic nitrogens is 2. The Hall–Kier alpha value is -1.59. The quantitative estimate of drug-likeness (QED) is 0.921. The molecule has 2 aromatic rings. The number of nitrogens with zero attached hydrogens (tertiary/aromatic N) is 2. The number of amides is 1. The van der Waals surface area contributed by atoms with Crippen molar-refractivity contribution >= 4 is 40.0 Å². The number of rotatable bonds is 3. The van der Waals surface area contributed by atoms with Crippen LogP contribution in [0.2, 0.25) is 10.0 Å². The Balaban J connectivity index is 1.81. The van der Waals surface area contributed by atoms with E-state index in [-0.39, 0.29) is 24.1 Å². The highest BCUT2D eigenvalue weighted by molar-refractivity contribution is 6.38. The van der Waals surface area contributed by atoms with Gasteiger partial charge in [0.2, 0.25) is 5.91 Å². The van der Waals surface area contributed by atoms with Crippen LogP contribution in [0.25, 0.3) is 10.9 Å². The Morgan fingerprint density at radius 2 is 2.00 bits per heavy atom. The van der Waals surface area contributed by atoms with Crippen LogP contribution in [0.15, 0.2) is 23.3 Å². The van der Waals surface area contributed by atoms with Crippen LogP contribution in [0.3, 0.4) is 0 Å². The van der Waals surface area contributed by atoms with E-state index in [4.69, 9.17) is 23.2 Å². The van der Waals surface area contributed by atoms with Crippen LogP contribution >= 0.6 is 23.2 Å². The number of fused-ring (bicyclic) bond motifs is 1. The second-order valence-electron chi connectivity index (χ2n) is 5.86. The molecule has 0 bridgehead atoms. The van der Waals surface area contributed by atoms with Crippen molar-refractivity contribution in [2.24, 2.45) is 0 Å². The van der Waals surface area contributed by atoms with Gasteiger partial charge >= 0.3 is 0 Å². The van der Waals surface area contributed by atoms with Gasteiger partial charge in [0.25, 0.3) is 5.56 Å². The molecule has 0 radical (unpaired) electrons. The monoisotopic (exact) mass is 353 g/mol. The largest absolute Gasteiger partial charge is 0.352 e. The lowest BCUT2D eigenvalue weighted by Gasteiger charge is -2.22. The molecular weight excluding hydrogens is 337 g/mol. The van der Waals surface area contributed by atoms with Crippen molar-refractivity contribution in [3.05, 3.63) is 38.9 Å². The van der Waals surface area contributed by atoms with E-state index < -0.39 is 0 Å². The first kappa shape index (κ1) is 16.3. The van der Waals surface area contributed by atoms with E-state index in [9.17, 15) is 9.59 Å². The lowest BCUT2D eigenvalue weighted by atomic mass is 9.95. The Labute approximate surface area is 143 Å². The number of hydrogen-bond donors (Lipinski definition) is 1. The molecule has 1 aromatic heterocycles. The first-order valence-electron chi connectivity index (χ1n) is 7.68. The predicted octanol–water partition coefficient (Wildman–Crippen LogP) is 3.15. The third kappa shape index (κ3) is 3.67. The molecule has 1 aromatic carbocycles. The minimum atomic E-state index is -0.321. The summed E-state index contributed by atoms with van der Waals surface area (Å²) in [5.41, 5.74) is 0.0724. The zero-order valence-electron chi connectivity index (χ0n) is 12.5. The van der Waals surface area contributed by atoms with E-state index in [1.165, 1.54) is 29.4 Å². The fourth-order valence-electron chi connectivity index (χ4n) is 2.98. The van der Waals surface area contributed by atoms with Crippen molar-refractivity contribution in [2.75, 3.05) is 0 Å². The molecular formula is C16H17Cl2N3O2. The van der Waals surface area contributed by atoms with Gasteiger partial charge < -0.3 is 5.32 Å². The van der Waals surface area contributed by atoms with E-state index in [1.54, 1.807) is 0 Å². The van der Waals surface area contributed by atoms with Gasteiger partial charge in [-0.2, -0.15) is 0 Å². The number of hydrogen-bond acceptors (Lipinski definition) is 3. The van der Waals surface area contributed by atoms with Crippen LogP contribution in [0.4, 0.5) is 0 Å². The van der Waals surface area contributed by atoms with Crippen molar-refractivity contribution in [2.45, 2.75) is 44.7 Å². The zero-order chi connectivity index (χ0) is 16.4. The summed E-state index contributed by atoms with van der Waals surface area (Å²) in [6, 6.07) is 3.27. The summed E-state index contributed by atoms with van der Waals surface area (Å²) in [7, 11) is 0. The fourth-order valence-corrected chi connectivity index (χ4v) is 3.52. The average Bonchev–Trinajstić information content (AvgIpc) is 2.51. The normalized spacial score (nSPS) is 15.7. The van der Waals surface area contributed by atoms with Crippen LogP contribution < -0.4 is 10.9 Å². The van der Waals surface area contributed by atoms with Gasteiger partial charge in [-0.15, -0.1) is 0 Å². The molecule has 0 saturated heterocycles. The summed E-state index contributed by atoms with van der Waals surface area (Å²) >= 11 is 12.0. The van der Waals surface area contributed by atoms with Gasteiger partial charge in [-0.05, 0) is 25.0 Å². The molecule has 0 unspecified atom stereocenters. The summed E-state index contributed by atoms with van der Waals surface area (Å²) in [6.45, 7) is -0.0532. The van der Waals surface area contributed by atoms with Crippen LogP contribution in [-0.2, 0) is 11.3 Å². The molecule has 1 aliphatic carbocycles. The average molecular weight is 354 g/mol. The maximum atomic E-state index is 12.5. The Kier molecular flexibility index (Phi) is 4.87. The molecule has 122 valence electrons. The predicted molar refractivity (Wildman–Crippen MR) is 91.0 cm³/mol. The number of nitrogens with one attached hydrogen (secondary N) is 1. The molecule has 0 spiro atoms. The highest BCUT2D eigenvalue weighted by Crippen LogP contribution is 2.24. The molecule has 5 nitrogen and oxygen atoms in total. The molecule has 1 aliphatic rings. The molecule has 1 N–H and O–H groups in total. The summed E-state index contributed by atoms with van der Waals surface area (Å²) in [6.07, 6.45) is 6.86. The minimum absolute atomic E-state index is 0.0532. The first-order valence-corrected chi connectivity index (χ1v) is 8.44. The molecule has 7 heteroatoms. The van der Waals surface area contributed by atoms with Crippen molar-refractivity contribution < 1.29 is 4.79 Å². The van der Waals surface area contributed by atoms with Gasteiger partial charge in [0.05, 0.1) is 22.3 Å². The van der Waals surface area contributed by atoms with Gasteiger partial charge in [-0.25, -0.2) is 4.98 Å². The maximum absolute atomic E-state index is 12.5. The summed E-state index contributed by atoms with van der Waals surface area (Å²) in [4.78, 5) is 28.8. The Morgan fingerprint density at radius 1 is 1.26 bits per heavy atom. The van der Waals surface area contributed by atoms with Crippen LogP contribution in [-0.4, -0.2) is 21.5 Å². The number of carbonyl (C=O) groups excluding carboxylic acids is 1. The summed E-state index contributed by atoms with van der Waals surface area (Å²) in [5, 5.41) is 3.99. The van der Waals surface area contributed by atoms with Gasteiger partial charge in [0.15, 0.2) is 0 Å². The van der Waals surface area contributed by atoms with E-state index >= 15 is 0 Å².